The molecule has 0 radical (unpaired) electrons. The average molecular weight is 531 g/mol. The number of hydrogen-bond acceptors (Lipinski definition) is 2. The Labute approximate surface area is 237 Å². The highest BCUT2D eigenvalue weighted by molar-refractivity contribution is 5.72. The standard InChI is InChI=1S/C35H64NO2/c1-4-7-8-9-10-11-12-13-14-15-16-17-18-19-21-27-32-36(5-2,6-3)33-28-22-20-26-31-35(37)38-34-29-24-23-25-30-34/h23-25,29-30H,4-22,26-28,31-33H2,1-3H3/q+1. The van der Waals surface area contributed by atoms with Crippen LogP contribution in [0, 0.1) is 0 Å². The fourth-order valence-corrected chi connectivity index (χ4v) is 5.70. The Morgan fingerprint density at radius 1 is 0.553 bits per heavy atom. The highest BCUT2D eigenvalue weighted by atomic mass is 16.5. The lowest BCUT2D eigenvalue weighted by Crippen LogP contribution is -2.49. The first kappa shape index (κ1) is 34.7. The maximum absolute atomic E-state index is 12.0. The summed E-state index contributed by atoms with van der Waals surface area (Å²) in [5.74, 6) is 0.548. The van der Waals surface area contributed by atoms with Gasteiger partial charge < -0.3 is 9.22 Å². The quantitative estimate of drug-likeness (QED) is 0.0489. The third kappa shape index (κ3) is 18.8. The molecule has 0 saturated heterocycles. The number of benzene rings is 1. The number of ether oxygens (including phenoxy) is 1. The summed E-state index contributed by atoms with van der Waals surface area (Å²) in [6.45, 7) is 12.2. The molecular weight excluding hydrogens is 466 g/mol. The zero-order valence-electron chi connectivity index (χ0n) is 25.8. The van der Waals surface area contributed by atoms with Crippen LogP contribution in [0.1, 0.15) is 156 Å². The van der Waals surface area contributed by atoms with Gasteiger partial charge in [-0.1, -0.05) is 121 Å². The summed E-state index contributed by atoms with van der Waals surface area (Å²) in [7, 11) is 0. The minimum absolute atomic E-state index is 0.105. The highest BCUT2D eigenvalue weighted by Gasteiger charge is 2.21. The summed E-state index contributed by atoms with van der Waals surface area (Å²) in [4.78, 5) is 12.0. The van der Waals surface area contributed by atoms with Crippen molar-refractivity contribution < 1.29 is 14.0 Å². The fraction of sp³-hybridized carbons (Fsp3) is 0.800. The molecule has 3 nitrogen and oxygen atoms in total. The van der Waals surface area contributed by atoms with Crippen molar-refractivity contribution in [2.24, 2.45) is 0 Å². The van der Waals surface area contributed by atoms with Crippen LogP contribution < -0.4 is 4.74 Å². The van der Waals surface area contributed by atoms with Crippen molar-refractivity contribution in [3.8, 4) is 5.75 Å². The lowest BCUT2D eigenvalue weighted by Gasteiger charge is -2.37. The molecule has 0 aliphatic heterocycles. The Morgan fingerprint density at radius 3 is 1.37 bits per heavy atom. The molecule has 3 heteroatoms. The van der Waals surface area contributed by atoms with Gasteiger partial charge in [0, 0.05) is 6.42 Å². The first-order valence-electron chi connectivity index (χ1n) is 16.8. The van der Waals surface area contributed by atoms with Gasteiger partial charge in [0.25, 0.3) is 0 Å². The highest BCUT2D eigenvalue weighted by Crippen LogP contribution is 2.17. The van der Waals surface area contributed by atoms with Gasteiger partial charge in [-0.2, -0.15) is 0 Å². The van der Waals surface area contributed by atoms with Crippen LogP contribution in [0.15, 0.2) is 30.3 Å². The van der Waals surface area contributed by atoms with Gasteiger partial charge in [0.2, 0.25) is 0 Å². The summed E-state index contributed by atoms with van der Waals surface area (Å²) in [6.07, 6.45) is 28.1. The Bertz CT molecular complexity index is 641. The molecule has 0 bridgehead atoms. The van der Waals surface area contributed by atoms with Crippen LogP contribution >= 0.6 is 0 Å². The molecule has 0 aliphatic carbocycles. The molecule has 0 N–H and O–H groups in total. The second kappa shape index (κ2) is 24.7. The fourth-order valence-electron chi connectivity index (χ4n) is 5.70. The number of unbranched alkanes of at least 4 members (excludes halogenated alkanes) is 18. The van der Waals surface area contributed by atoms with Crippen LogP contribution in [0.3, 0.4) is 0 Å². The van der Waals surface area contributed by atoms with Crippen LogP contribution in [0.2, 0.25) is 0 Å². The van der Waals surface area contributed by atoms with Gasteiger partial charge in [0.05, 0.1) is 26.2 Å². The van der Waals surface area contributed by atoms with E-state index in [1.807, 2.05) is 30.3 Å². The molecule has 0 atom stereocenters. The van der Waals surface area contributed by atoms with Crippen molar-refractivity contribution in [2.75, 3.05) is 26.2 Å². The van der Waals surface area contributed by atoms with Gasteiger partial charge in [-0.15, -0.1) is 0 Å². The van der Waals surface area contributed by atoms with Crippen molar-refractivity contribution >= 4 is 5.97 Å². The molecule has 0 heterocycles. The number of para-hydroxylation sites is 1. The maximum Gasteiger partial charge on any atom is 0.311 e. The van der Waals surface area contributed by atoms with Crippen LogP contribution in [-0.2, 0) is 4.79 Å². The average Bonchev–Trinajstić information content (AvgIpc) is 2.94. The molecule has 0 fully saturated rings. The monoisotopic (exact) mass is 530 g/mol. The Kier molecular flexibility index (Phi) is 22.5. The van der Waals surface area contributed by atoms with Gasteiger partial charge in [-0.25, -0.2) is 0 Å². The molecular formula is C35H64NO2+. The number of hydrogen-bond donors (Lipinski definition) is 0. The molecule has 0 amide bonds. The second-order valence-corrected chi connectivity index (χ2v) is 11.7. The minimum Gasteiger partial charge on any atom is -0.427 e. The van der Waals surface area contributed by atoms with Gasteiger partial charge in [-0.3, -0.25) is 4.79 Å². The van der Waals surface area contributed by atoms with Gasteiger partial charge in [0.1, 0.15) is 5.75 Å². The molecule has 0 aliphatic rings. The first-order valence-corrected chi connectivity index (χ1v) is 16.8. The van der Waals surface area contributed by atoms with Crippen molar-refractivity contribution in [3.63, 3.8) is 0 Å². The van der Waals surface area contributed by atoms with Crippen molar-refractivity contribution in [1.82, 2.24) is 0 Å². The summed E-state index contributed by atoms with van der Waals surface area (Å²) in [6, 6.07) is 9.40. The lowest BCUT2D eigenvalue weighted by molar-refractivity contribution is -0.925. The van der Waals surface area contributed by atoms with Crippen LogP contribution in [0.5, 0.6) is 5.75 Å². The van der Waals surface area contributed by atoms with E-state index in [1.54, 1.807) is 0 Å². The lowest BCUT2D eigenvalue weighted by atomic mass is 10.0. The molecule has 1 aromatic rings. The van der Waals surface area contributed by atoms with Crippen molar-refractivity contribution in [2.45, 2.75) is 156 Å². The molecule has 0 aromatic heterocycles. The molecule has 220 valence electrons. The molecule has 0 saturated carbocycles. The SMILES string of the molecule is CCCCCCCCCCCCCCCCCC[N+](CC)(CC)CCCCCCC(=O)Oc1ccccc1. The van der Waals surface area contributed by atoms with Crippen molar-refractivity contribution in [1.29, 1.82) is 0 Å². The number of quaternary nitrogens is 1. The van der Waals surface area contributed by atoms with Crippen LogP contribution in [0.4, 0.5) is 0 Å². The van der Waals surface area contributed by atoms with Gasteiger partial charge in [0.15, 0.2) is 0 Å². The molecule has 38 heavy (non-hydrogen) atoms. The third-order valence-corrected chi connectivity index (χ3v) is 8.57. The van der Waals surface area contributed by atoms with E-state index in [0.717, 1.165) is 12.8 Å². The Hall–Kier alpha value is -1.35. The zero-order valence-corrected chi connectivity index (χ0v) is 25.8. The summed E-state index contributed by atoms with van der Waals surface area (Å²) in [5, 5.41) is 0. The largest absolute Gasteiger partial charge is 0.427 e. The summed E-state index contributed by atoms with van der Waals surface area (Å²) >= 11 is 0. The molecule has 1 rings (SSSR count). The zero-order chi connectivity index (χ0) is 27.6. The van der Waals surface area contributed by atoms with Gasteiger partial charge >= 0.3 is 5.97 Å². The topological polar surface area (TPSA) is 26.3 Å². The Morgan fingerprint density at radius 2 is 0.947 bits per heavy atom. The van der Waals surface area contributed by atoms with E-state index in [1.165, 1.54) is 146 Å². The first-order chi connectivity index (χ1) is 18.7. The smallest absolute Gasteiger partial charge is 0.311 e. The molecule has 1 aromatic carbocycles. The predicted octanol–water partition coefficient (Wildman–Crippen LogP) is 10.7. The van der Waals surface area contributed by atoms with E-state index in [-0.39, 0.29) is 5.97 Å². The Balaban J connectivity index is 1.96. The number of esters is 1. The molecule has 0 spiro atoms. The minimum atomic E-state index is -0.105. The molecule has 0 unspecified atom stereocenters. The number of rotatable bonds is 27. The van der Waals surface area contributed by atoms with E-state index < -0.39 is 0 Å². The van der Waals surface area contributed by atoms with E-state index >= 15 is 0 Å². The normalized spacial score (nSPS) is 11.7. The second-order valence-electron chi connectivity index (χ2n) is 11.7. The summed E-state index contributed by atoms with van der Waals surface area (Å²) < 4.78 is 6.66. The van der Waals surface area contributed by atoms with Gasteiger partial charge in [-0.05, 0) is 58.1 Å². The maximum atomic E-state index is 12.0. The van der Waals surface area contributed by atoms with Crippen molar-refractivity contribution in [3.05, 3.63) is 30.3 Å². The van der Waals surface area contributed by atoms with E-state index in [9.17, 15) is 4.79 Å². The number of carbonyl (C=O) groups excluding carboxylic acids is 1. The third-order valence-electron chi connectivity index (χ3n) is 8.57. The number of nitrogens with zero attached hydrogens (tertiary/aromatic N) is 1. The van der Waals surface area contributed by atoms with E-state index in [2.05, 4.69) is 20.8 Å². The van der Waals surface area contributed by atoms with E-state index in [0.29, 0.717) is 12.2 Å². The predicted molar refractivity (Wildman–Crippen MR) is 166 cm³/mol. The summed E-state index contributed by atoms with van der Waals surface area (Å²) in [5.41, 5.74) is 0. The number of carbonyl (C=O) groups is 1. The van der Waals surface area contributed by atoms with Crippen LogP contribution in [-0.4, -0.2) is 36.6 Å². The van der Waals surface area contributed by atoms with E-state index in [4.69, 9.17) is 4.74 Å². The van der Waals surface area contributed by atoms with Crippen LogP contribution in [0.25, 0.3) is 0 Å².